The molecule has 0 aliphatic carbocycles. The Morgan fingerprint density at radius 2 is 1.71 bits per heavy atom. The summed E-state index contributed by atoms with van der Waals surface area (Å²) in [6.07, 6.45) is 1.02. The van der Waals surface area contributed by atoms with Gasteiger partial charge in [0, 0.05) is 42.7 Å². The molecule has 0 aromatic heterocycles. The quantitative estimate of drug-likeness (QED) is 0.106. The van der Waals surface area contributed by atoms with E-state index in [1.165, 1.54) is 31.9 Å². The number of nitrogens with zero attached hydrogens (tertiary/aromatic N) is 1. The molecule has 3 aliphatic heterocycles. The highest BCUT2D eigenvalue weighted by atomic mass is 35.5. The smallest absolute Gasteiger partial charge is 0.338 e. The van der Waals surface area contributed by atoms with E-state index < -0.39 is 29.9 Å². The van der Waals surface area contributed by atoms with E-state index in [9.17, 15) is 14.0 Å². The zero-order valence-electron chi connectivity index (χ0n) is 26.9. The van der Waals surface area contributed by atoms with Crippen LogP contribution in [0.4, 0.5) is 4.39 Å². The highest BCUT2D eigenvalue weighted by Crippen LogP contribution is 2.37. The molecule has 1 saturated heterocycles. The summed E-state index contributed by atoms with van der Waals surface area (Å²) < 4.78 is 36.5. The van der Waals surface area contributed by atoms with E-state index in [1.807, 2.05) is 12.1 Å². The number of carbonyl (C=O) groups is 2. The number of benzene rings is 3. The summed E-state index contributed by atoms with van der Waals surface area (Å²) in [5, 5.41) is 3.90. The molecular weight excluding hydrogens is 658 g/mol. The first-order chi connectivity index (χ1) is 23.0. The summed E-state index contributed by atoms with van der Waals surface area (Å²) in [6, 6.07) is 17.0. The average molecular weight is 696 g/mol. The summed E-state index contributed by atoms with van der Waals surface area (Å²) >= 11 is 12.6. The van der Waals surface area contributed by atoms with Crippen molar-refractivity contribution in [2.24, 2.45) is 0 Å². The first-order valence-corrected chi connectivity index (χ1v) is 16.1. The molecule has 0 saturated carbocycles. The average Bonchev–Trinajstić information content (AvgIpc) is 3.06. The number of ether oxygens (including phenoxy) is 4. The van der Waals surface area contributed by atoms with Gasteiger partial charge in [0.05, 0.1) is 19.8 Å². The Morgan fingerprint density at radius 1 is 1.00 bits per heavy atom. The fraction of sp³-hybridized carbons (Fsp3) is 0.297. The second kappa shape index (κ2) is 15.8. The summed E-state index contributed by atoms with van der Waals surface area (Å²) in [6.45, 7) is 8.18. The number of hydrogen-bond donors (Lipinski definition) is 1. The van der Waals surface area contributed by atoms with Crippen LogP contribution >= 0.6 is 23.2 Å². The molecule has 8 nitrogen and oxygen atoms in total. The van der Waals surface area contributed by atoms with Gasteiger partial charge < -0.3 is 18.9 Å². The third-order valence-electron chi connectivity index (χ3n) is 8.25. The molecule has 3 heterocycles. The van der Waals surface area contributed by atoms with Crippen LogP contribution in [-0.4, -0.2) is 56.8 Å². The molecule has 11 heteroatoms. The van der Waals surface area contributed by atoms with Crippen LogP contribution in [-0.2, 0) is 20.8 Å². The summed E-state index contributed by atoms with van der Waals surface area (Å²) in [5.41, 5.74) is 3.99. The molecule has 1 N–H and O–H groups in total. The fourth-order valence-electron chi connectivity index (χ4n) is 5.74. The molecular formula is C37H37Cl2FN2O6. The van der Waals surface area contributed by atoms with Crippen molar-refractivity contribution in [2.75, 3.05) is 33.9 Å². The Kier molecular flexibility index (Phi) is 11.6. The third kappa shape index (κ3) is 8.65. The second-order valence-electron chi connectivity index (χ2n) is 11.7. The van der Waals surface area contributed by atoms with E-state index in [2.05, 4.69) is 16.8 Å². The minimum Gasteiger partial charge on any atom is -0.493 e. The topological polar surface area (TPSA) is 86.3 Å². The van der Waals surface area contributed by atoms with Gasteiger partial charge in [-0.1, -0.05) is 60.1 Å². The van der Waals surface area contributed by atoms with Crippen molar-refractivity contribution >= 4 is 35.1 Å². The highest BCUT2D eigenvalue weighted by Gasteiger charge is 2.33. The van der Waals surface area contributed by atoms with Crippen LogP contribution in [0, 0.1) is 5.82 Å². The highest BCUT2D eigenvalue weighted by molar-refractivity contribution is 6.35. The minimum atomic E-state index is -0.866. The Labute approximate surface area is 289 Å². The van der Waals surface area contributed by atoms with Crippen molar-refractivity contribution in [3.05, 3.63) is 129 Å². The predicted molar refractivity (Wildman–Crippen MR) is 183 cm³/mol. The van der Waals surface area contributed by atoms with E-state index in [4.69, 9.17) is 42.1 Å². The first-order valence-electron chi connectivity index (χ1n) is 15.4. The fourth-order valence-corrected chi connectivity index (χ4v) is 6.20. The maximum Gasteiger partial charge on any atom is 0.338 e. The van der Waals surface area contributed by atoms with E-state index >= 15 is 0 Å². The van der Waals surface area contributed by atoms with Crippen LogP contribution in [0.2, 0.25) is 0 Å². The normalized spacial score (nSPS) is 18.3. The van der Waals surface area contributed by atoms with Crippen LogP contribution in [0.3, 0.4) is 0 Å². The van der Waals surface area contributed by atoms with Crippen LogP contribution in [0.1, 0.15) is 52.5 Å². The van der Waals surface area contributed by atoms with Crippen molar-refractivity contribution in [1.82, 2.24) is 10.2 Å². The predicted octanol–water partition coefficient (Wildman–Crippen LogP) is 7.39. The van der Waals surface area contributed by atoms with Crippen molar-refractivity contribution in [2.45, 2.75) is 38.1 Å². The lowest BCUT2D eigenvalue weighted by atomic mass is 9.99. The number of allylic oxidation sites excluding steroid dienone is 2. The number of halogens is 3. The maximum atomic E-state index is 13.7. The Morgan fingerprint density at radius 3 is 2.33 bits per heavy atom. The van der Waals surface area contributed by atoms with Gasteiger partial charge in [-0.3, -0.25) is 10.2 Å². The van der Waals surface area contributed by atoms with Gasteiger partial charge in [-0.2, -0.15) is 0 Å². The minimum absolute atomic E-state index is 0.164. The Balaban J connectivity index is 1.34. The molecule has 6 rings (SSSR count). The zero-order valence-corrected chi connectivity index (χ0v) is 28.4. The van der Waals surface area contributed by atoms with E-state index in [0.717, 1.165) is 13.1 Å². The van der Waals surface area contributed by atoms with Crippen molar-refractivity contribution in [3.63, 3.8) is 0 Å². The number of esters is 2. The first kappa shape index (κ1) is 35.2. The lowest BCUT2D eigenvalue weighted by Crippen LogP contribution is -2.50. The number of methoxy groups -OCH3 is 2. The standard InChI is InChI=1S/C37H37Cl2FN2O6/c1-22(38)31(23(2)39)17-33(27-10-13-32(45-3)34(16-27)46-4)48-36(43)28-7-5-6-24(14-28)18-41-35(26-8-11-29(40)12-9-26)37(44)47-30-15-25-19-42(20-25)21-30/h5-16,30,33,35,41H,1,17-21H2,2-4H3/b31-23+/t30-,33+,35?/m1/s1. The number of nitrogens with one attached hydrogen (secondary N) is 1. The second-order valence-corrected chi connectivity index (χ2v) is 12.7. The van der Waals surface area contributed by atoms with Crippen LogP contribution < -0.4 is 14.8 Å². The number of carbonyl (C=O) groups excluding carboxylic acids is 2. The van der Waals surface area contributed by atoms with Crippen LogP contribution in [0.5, 0.6) is 11.5 Å². The van der Waals surface area contributed by atoms with Gasteiger partial charge >= 0.3 is 11.9 Å². The molecule has 1 fully saturated rings. The van der Waals surface area contributed by atoms with Crippen molar-refractivity contribution in [3.8, 4) is 11.5 Å². The van der Waals surface area contributed by atoms with Gasteiger partial charge in [0.15, 0.2) is 11.5 Å². The third-order valence-corrected chi connectivity index (χ3v) is 8.71. The van der Waals surface area contributed by atoms with E-state index in [0.29, 0.717) is 50.9 Å². The molecule has 3 aromatic rings. The lowest BCUT2D eigenvalue weighted by Gasteiger charge is -2.41. The van der Waals surface area contributed by atoms with Gasteiger partial charge in [-0.05, 0) is 77.2 Å². The Hall–Kier alpha value is -4.15. The summed E-state index contributed by atoms with van der Waals surface area (Å²) in [4.78, 5) is 29.2. The lowest BCUT2D eigenvalue weighted by molar-refractivity contribution is -0.151. The molecule has 3 aliphatic rings. The van der Waals surface area contributed by atoms with Crippen LogP contribution in [0.15, 0.2) is 101 Å². The SMILES string of the molecule is C=C(Cl)/C(C[C@H](OC(=O)c1cccc(CNC(C(=O)O[C@@H]2C=C3CN(C3)C2)c2ccc(F)cc2)c1)c1ccc(OC)c(OC)c1)=C(\C)Cl. The molecule has 0 spiro atoms. The van der Waals surface area contributed by atoms with Gasteiger partial charge in [0.2, 0.25) is 0 Å². The van der Waals surface area contributed by atoms with Crippen LogP contribution in [0.25, 0.3) is 0 Å². The van der Waals surface area contributed by atoms with Gasteiger partial charge in [-0.15, -0.1) is 0 Å². The maximum absolute atomic E-state index is 13.7. The van der Waals surface area contributed by atoms with Gasteiger partial charge in [0.25, 0.3) is 0 Å². The number of rotatable bonds is 14. The zero-order chi connectivity index (χ0) is 34.4. The summed E-state index contributed by atoms with van der Waals surface area (Å²) in [7, 11) is 3.05. The van der Waals surface area contributed by atoms with E-state index in [-0.39, 0.29) is 24.1 Å². The molecule has 48 heavy (non-hydrogen) atoms. The largest absolute Gasteiger partial charge is 0.493 e. The molecule has 3 atom stereocenters. The number of hydrogen-bond acceptors (Lipinski definition) is 8. The Bertz CT molecular complexity index is 1730. The molecule has 3 aromatic carbocycles. The summed E-state index contributed by atoms with van der Waals surface area (Å²) in [5.74, 6) is -0.487. The van der Waals surface area contributed by atoms with Crippen molar-refractivity contribution in [1.29, 1.82) is 0 Å². The molecule has 0 radical (unpaired) electrons. The van der Waals surface area contributed by atoms with Gasteiger partial charge in [-0.25, -0.2) is 14.0 Å². The molecule has 2 bridgehead atoms. The van der Waals surface area contributed by atoms with E-state index in [1.54, 1.807) is 55.5 Å². The number of fused-ring (bicyclic) bond motifs is 2. The molecule has 1 unspecified atom stereocenters. The van der Waals surface area contributed by atoms with Crippen molar-refractivity contribution < 1.29 is 32.9 Å². The molecule has 0 amide bonds. The van der Waals surface area contributed by atoms with Gasteiger partial charge in [0.1, 0.15) is 24.1 Å². The monoisotopic (exact) mass is 694 g/mol. The molecule has 252 valence electrons.